The number of nitrogens with zero attached hydrogens (tertiary/aromatic N) is 6. The van der Waals surface area contributed by atoms with Crippen LogP contribution in [0, 0.1) is 6.92 Å². The molecule has 0 aliphatic carbocycles. The number of sulfonamides is 1. The van der Waals surface area contributed by atoms with E-state index in [1.807, 2.05) is 31.1 Å². The Morgan fingerprint density at radius 1 is 0.967 bits per heavy atom. The highest BCUT2D eigenvalue weighted by molar-refractivity contribution is 7.89. The van der Waals surface area contributed by atoms with Gasteiger partial charge in [0, 0.05) is 52.8 Å². The summed E-state index contributed by atoms with van der Waals surface area (Å²) in [6.07, 6.45) is 1.56. The summed E-state index contributed by atoms with van der Waals surface area (Å²) in [5, 5.41) is 8.46. The standard InChI is InChI=1S/C20H24N6O3S/c1-15-21-18(14-29-15)16-4-6-17(7-5-16)30(27,28)26-12-10-25(11-13-26)20-9-8-19(22-23-20)24(2)3/h4-9,14H,10-13H2,1-3H3. The van der Waals surface area contributed by atoms with Crippen LogP contribution in [-0.2, 0) is 10.0 Å². The predicted molar refractivity (Wildman–Crippen MR) is 114 cm³/mol. The van der Waals surface area contributed by atoms with Gasteiger partial charge in [0.1, 0.15) is 12.0 Å². The molecule has 1 saturated heterocycles. The van der Waals surface area contributed by atoms with Crippen molar-refractivity contribution in [1.82, 2.24) is 19.5 Å². The maximum Gasteiger partial charge on any atom is 0.243 e. The van der Waals surface area contributed by atoms with E-state index < -0.39 is 10.0 Å². The normalized spacial score (nSPS) is 15.4. The second kappa shape index (κ2) is 8.04. The molecule has 3 aromatic rings. The van der Waals surface area contributed by atoms with Crippen LogP contribution < -0.4 is 9.80 Å². The van der Waals surface area contributed by atoms with Gasteiger partial charge in [0.05, 0.1) is 4.90 Å². The molecule has 2 aromatic heterocycles. The molecule has 0 saturated carbocycles. The molecule has 0 atom stereocenters. The molecule has 0 bridgehead atoms. The van der Waals surface area contributed by atoms with E-state index in [4.69, 9.17) is 4.42 Å². The molecule has 1 aliphatic heterocycles. The van der Waals surface area contributed by atoms with Crippen LogP contribution in [-0.4, -0.2) is 68.2 Å². The second-order valence-corrected chi connectivity index (χ2v) is 9.25. The summed E-state index contributed by atoms with van der Waals surface area (Å²) in [6, 6.07) is 10.6. The average Bonchev–Trinajstić information content (AvgIpc) is 3.20. The number of rotatable bonds is 5. The summed E-state index contributed by atoms with van der Waals surface area (Å²) in [5.41, 5.74) is 1.50. The van der Waals surface area contributed by atoms with Crippen LogP contribution in [0.25, 0.3) is 11.3 Å². The van der Waals surface area contributed by atoms with Gasteiger partial charge >= 0.3 is 0 Å². The number of hydrogen-bond acceptors (Lipinski definition) is 8. The van der Waals surface area contributed by atoms with Gasteiger partial charge in [-0.2, -0.15) is 4.31 Å². The van der Waals surface area contributed by atoms with Gasteiger partial charge in [-0.3, -0.25) is 0 Å². The van der Waals surface area contributed by atoms with Crippen LogP contribution in [0.2, 0.25) is 0 Å². The molecule has 1 fully saturated rings. The van der Waals surface area contributed by atoms with Crippen molar-refractivity contribution in [3.8, 4) is 11.3 Å². The Kier molecular flexibility index (Phi) is 5.44. The van der Waals surface area contributed by atoms with E-state index in [-0.39, 0.29) is 4.90 Å². The van der Waals surface area contributed by atoms with Gasteiger partial charge < -0.3 is 14.2 Å². The summed E-state index contributed by atoms with van der Waals surface area (Å²) in [7, 11) is 0.259. The van der Waals surface area contributed by atoms with E-state index in [9.17, 15) is 8.42 Å². The van der Waals surface area contributed by atoms with Crippen LogP contribution in [0.4, 0.5) is 11.6 Å². The van der Waals surface area contributed by atoms with E-state index >= 15 is 0 Å². The minimum Gasteiger partial charge on any atom is -0.449 e. The fraction of sp³-hybridized carbons (Fsp3) is 0.350. The van der Waals surface area contributed by atoms with E-state index in [0.717, 1.165) is 17.2 Å². The zero-order valence-corrected chi connectivity index (χ0v) is 18.0. The van der Waals surface area contributed by atoms with Crippen molar-refractivity contribution in [3.63, 3.8) is 0 Å². The van der Waals surface area contributed by atoms with Crippen molar-refractivity contribution in [3.05, 3.63) is 48.6 Å². The van der Waals surface area contributed by atoms with Crippen molar-refractivity contribution in [2.75, 3.05) is 50.1 Å². The Labute approximate surface area is 176 Å². The predicted octanol–water partition coefficient (Wildman–Crippen LogP) is 2.02. The molecule has 4 rings (SSSR count). The minimum absolute atomic E-state index is 0.273. The number of benzene rings is 1. The molecule has 0 N–H and O–H groups in total. The Balaban J connectivity index is 1.43. The molecule has 158 valence electrons. The summed E-state index contributed by atoms with van der Waals surface area (Å²) in [6.45, 7) is 3.68. The monoisotopic (exact) mass is 428 g/mol. The van der Waals surface area contributed by atoms with Crippen molar-refractivity contribution >= 4 is 21.7 Å². The van der Waals surface area contributed by atoms with Crippen molar-refractivity contribution in [1.29, 1.82) is 0 Å². The molecule has 0 spiro atoms. The smallest absolute Gasteiger partial charge is 0.243 e. The Hall–Kier alpha value is -2.98. The largest absolute Gasteiger partial charge is 0.449 e. The van der Waals surface area contributed by atoms with Gasteiger partial charge in [0.25, 0.3) is 0 Å². The van der Waals surface area contributed by atoms with Gasteiger partial charge in [0.2, 0.25) is 10.0 Å². The van der Waals surface area contributed by atoms with Crippen LogP contribution in [0.15, 0.2) is 52.0 Å². The molecule has 10 heteroatoms. The van der Waals surface area contributed by atoms with Crippen LogP contribution in [0.3, 0.4) is 0 Å². The maximum absolute atomic E-state index is 13.0. The van der Waals surface area contributed by atoms with E-state index in [2.05, 4.69) is 20.1 Å². The summed E-state index contributed by atoms with van der Waals surface area (Å²) < 4.78 is 32.8. The SMILES string of the molecule is Cc1nc(-c2ccc(S(=O)(=O)N3CCN(c4ccc(N(C)C)nn4)CC3)cc2)co1. The molecule has 1 aromatic carbocycles. The molecule has 0 unspecified atom stereocenters. The van der Waals surface area contributed by atoms with E-state index in [1.54, 1.807) is 37.5 Å². The topological polar surface area (TPSA) is 95.7 Å². The number of anilines is 2. The molecule has 3 heterocycles. The first-order valence-electron chi connectivity index (χ1n) is 9.63. The zero-order chi connectivity index (χ0) is 21.3. The zero-order valence-electron chi connectivity index (χ0n) is 17.2. The first kappa shape index (κ1) is 20.3. The van der Waals surface area contributed by atoms with Gasteiger partial charge in [0.15, 0.2) is 17.5 Å². The lowest BCUT2D eigenvalue weighted by Gasteiger charge is -2.34. The number of aryl methyl sites for hydroxylation is 1. The van der Waals surface area contributed by atoms with Crippen molar-refractivity contribution in [2.45, 2.75) is 11.8 Å². The maximum atomic E-state index is 13.0. The third-order valence-electron chi connectivity index (χ3n) is 5.06. The fourth-order valence-corrected chi connectivity index (χ4v) is 4.75. The fourth-order valence-electron chi connectivity index (χ4n) is 3.33. The van der Waals surface area contributed by atoms with Crippen LogP contribution in [0.5, 0.6) is 0 Å². The van der Waals surface area contributed by atoms with Gasteiger partial charge in [-0.05, 0) is 24.3 Å². The third kappa shape index (κ3) is 4.01. The molecular formula is C20H24N6O3S. The van der Waals surface area contributed by atoms with Crippen LogP contribution >= 0.6 is 0 Å². The first-order valence-corrected chi connectivity index (χ1v) is 11.1. The number of piperazine rings is 1. The summed E-state index contributed by atoms with van der Waals surface area (Å²) >= 11 is 0. The van der Waals surface area contributed by atoms with Crippen molar-refractivity contribution in [2.24, 2.45) is 0 Å². The highest BCUT2D eigenvalue weighted by atomic mass is 32.2. The Bertz CT molecular complexity index is 1100. The van der Waals surface area contributed by atoms with E-state index in [1.165, 1.54) is 4.31 Å². The lowest BCUT2D eigenvalue weighted by molar-refractivity contribution is 0.383. The van der Waals surface area contributed by atoms with E-state index in [0.29, 0.717) is 37.8 Å². The summed E-state index contributed by atoms with van der Waals surface area (Å²) in [4.78, 5) is 8.48. The quantitative estimate of drug-likeness (QED) is 0.609. The number of oxazole rings is 1. The lowest BCUT2D eigenvalue weighted by atomic mass is 10.2. The minimum atomic E-state index is -3.56. The van der Waals surface area contributed by atoms with Gasteiger partial charge in [-0.25, -0.2) is 13.4 Å². The highest BCUT2D eigenvalue weighted by Gasteiger charge is 2.29. The molecular weight excluding hydrogens is 404 g/mol. The molecule has 0 radical (unpaired) electrons. The van der Waals surface area contributed by atoms with Crippen LogP contribution in [0.1, 0.15) is 5.89 Å². The Morgan fingerprint density at radius 2 is 1.67 bits per heavy atom. The van der Waals surface area contributed by atoms with Gasteiger partial charge in [-0.1, -0.05) is 12.1 Å². The first-order chi connectivity index (χ1) is 14.3. The molecule has 30 heavy (non-hydrogen) atoms. The lowest BCUT2D eigenvalue weighted by Crippen LogP contribution is -2.49. The third-order valence-corrected chi connectivity index (χ3v) is 6.98. The molecule has 9 nitrogen and oxygen atoms in total. The Morgan fingerprint density at radius 3 is 2.20 bits per heavy atom. The molecule has 0 amide bonds. The average molecular weight is 429 g/mol. The number of aromatic nitrogens is 3. The van der Waals surface area contributed by atoms with Crippen molar-refractivity contribution < 1.29 is 12.8 Å². The number of hydrogen-bond donors (Lipinski definition) is 0. The second-order valence-electron chi connectivity index (χ2n) is 7.31. The molecule has 1 aliphatic rings. The highest BCUT2D eigenvalue weighted by Crippen LogP contribution is 2.24. The summed E-state index contributed by atoms with van der Waals surface area (Å²) in [5.74, 6) is 2.11. The van der Waals surface area contributed by atoms with Gasteiger partial charge in [-0.15, -0.1) is 10.2 Å².